The number of carbonyl (C=O) groups is 1. The van der Waals surface area contributed by atoms with Gasteiger partial charge in [0.1, 0.15) is 15.6 Å². The molecule has 5 nitrogen and oxygen atoms in total. The normalized spacial score (nSPS) is 12.8. The van der Waals surface area contributed by atoms with E-state index in [4.69, 9.17) is 4.74 Å². The van der Waals surface area contributed by atoms with Crippen molar-refractivity contribution in [2.24, 2.45) is 0 Å². The smallest absolute Gasteiger partial charge is 0.220 e. The van der Waals surface area contributed by atoms with Gasteiger partial charge < -0.3 is 10.1 Å². The van der Waals surface area contributed by atoms with Crippen molar-refractivity contribution in [3.63, 3.8) is 0 Å². The Labute approximate surface area is 120 Å². The first-order chi connectivity index (χ1) is 9.31. The lowest BCUT2D eigenvalue weighted by Gasteiger charge is -2.12. The minimum Gasteiger partial charge on any atom is -0.497 e. The highest BCUT2D eigenvalue weighted by Gasteiger charge is 2.12. The van der Waals surface area contributed by atoms with Gasteiger partial charge in [-0.05, 0) is 23.6 Å². The van der Waals surface area contributed by atoms with Crippen LogP contribution in [0.25, 0.3) is 0 Å². The van der Waals surface area contributed by atoms with E-state index in [1.165, 1.54) is 0 Å². The number of methoxy groups -OCH3 is 1. The van der Waals surface area contributed by atoms with Gasteiger partial charge in [-0.1, -0.05) is 19.1 Å². The molecule has 0 bridgehead atoms. The molecule has 1 unspecified atom stereocenters. The second-order valence-corrected chi connectivity index (χ2v) is 7.12. The SMILES string of the molecule is COc1ccc(C(C)CC(=O)NCCS(C)(=O)=O)cc1. The van der Waals surface area contributed by atoms with Crippen molar-refractivity contribution < 1.29 is 17.9 Å². The maximum atomic E-state index is 11.7. The molecule has 0 spiro atoms. The molecule has 0 saturated heterocycles. The van der Waals surface area contributed by atoms with E-state index in [1.807, 2.05) is 31.2 Å². The molecule has 20 heavy (non-hydrogen) atoms. The van der Waals surface area contributed by atoms with E-state index in [2.05, 4.69) is 5.32 Å². The Morgan fingerprint density at radius 3 is 2.40 bits per heavy atom. The van der Waals surface area contributed by atoms with Gasteiger partial charge in [0.2, 0.25) is 5.91 Å². The van der Waals surface area contributed by atoms with Crippen LogP contribution in [-0.4, -0.2) is 40.0 Å². The third-order valence-corrected chi connectivity index (χ3v) is 3.92. The lowest BCUT2D eigenvalue weighted by Crippen LogP contribution is -2.29. The molecule has 0 fully saturated rings. The van der Waals surface area contributed by atoms with E-state index < -0.39 is 9.84 Å². The summed E-state index contributed by atoms with van der Waals surface area (Å²) in [5, 5.41) is 2.62. The molecule has 1 aromatic carbocycles. The fourth-order valence-corrected chi connectivity index (χ4v) is 2.25. The number of carbonyl (C=O) groups excluding carboxylic acids is 1. The third-order valence-electron chi connectivity index (χ3n) is 2.97. The largest absolute Gasteiger partial charge is 0.497 e. The fraction of sp³-hybridized carbons (Fsp3) is 0.500. The summed E-state index contributed by atoms with van der Waals surface area (Å²) in [5.41, 5.74) is 1.05. The molecule has 6 heteroatoms. The fourth-order valence-electron chi connectivity index (χ4n) is 1.78. The van der Waals surface area contributed by atoms with Gasteiger partial charge in [-0.2, -0.15) is 0 Å². The molecular weight excluding hydrogens is 278 g/mol. The summed E-state index contributed by atoms with van der Waals surface area (Å²) < 4.78 is 27.0. The predicted octanol–water partition coefficient (Wildman–Crippen LogP) is 1.35. The Bertz CT molecular complexity index is 537. The van der Waals surface area contributed by atoms with Gasteiger partial charge in [-0.3, -0.25) is 4.79 Å². The van der Waals surface area contributed by atoms with Crippen molar-refractivity contribution >= 4 is 15.7 Å². The maximum absolute atomic E-state index is 11.7. The number of hydrogen-bond donors (Lipinski definition) is 1. The third kappa shape index (κ3) is 6.06. The van der Waals surface area contributed by atoms with E-state index in [1.54, 1.807) is 7.11 Å². The predicted molar refractivity (Wildman–Crippen MR) is 78.7 cm³/mol. The number of sulfone groups is 1. The van der Waals surface area contributed by atoms with Crippen molar-refractivity contribution in [1.82, 2.24) is 5.32 Å². The van der Waals surface area contributed by atoms with Crippen molar-refractivity contribution in [1.29, 1.82) is 0 Å². The molecule has 0 aliphatic rings. The molecule has 1 aromatic rings. The first-order valence-corrected chi connectivity index (χ1v) is 8.46. The van der Waals surface area contributed by atoms with Crippen LogP contribution in [-0.2, 0) is 14.6 Å². The summed E-state index contributed by atoms with van der Waals surface area (Å²) in [7, 11) is -1.43. The molecular formula is C14H21NO4S. The molecule has 1 rings (SSSR count). The van der Waals surface area contributed by atoms with E-state index in [-0.39, 0.29) is 24.1 Å². The number of ether oxygens (including phenoxy) is 1. The van der Waals surface area contributed by atoms with E-state index >= 15 is 0 Å². The number of benzene rings is 1. The van der Waals surface area contributed by atoms with Crippen LogP contribution in [0, 0.1) is 0 Å². The summed E-state index contributed by atoms with van der Waals surface area (Å²) in [4.78, 5) is 11.7. The molecule has 0 aromatic heterocycles. The molecule has 0 aliphatic heterocycles. The van der Waals surface area contributed by atoms with Crippen molar-refractivity contribution in [2.45, 2.75) is 19.3 Å². The second-order valence-electron chi connectivity index (χ2n) is 4.86. The molecule has 1 atom stereocenters. The lowest BCUT2D eigenvalue weighted by molar-refractivity contribution is -0.121. The summed E-state index contributed by atoms with van der Waals surface area (Å²) in [6.07, 6.45) is 1.48. The van der Waals surface area contributed by atoms with Gasteiger partial charge in [0.05, 0.1) is 12.9 Å². The molecule has 1 amide bonds. The highest BCUT2D eigenvalue weighted by molar-refractivity contribution is 7.90. The topological polar surface area (TPSA) is 72.5 Å². The summed E-state index contributed by atoms with van der Waals surface area (Å²) in [6.45, 7) is 2.12. The molecule has 0 radical (unpaired) electrons. The maximum Gasteiger partial charge on any atom is 0.220 e. The molecule has 1 N–H and O–H groups in total. The summed E-state index contributed by atoms with van der Waals surface area (Å²) in [6, 6.07) is 7.56. The zero-order valence-electron chi connectivity index (χ0n) is 12.0. The van der Waals surface area contributed by atoms with Crippen LogP contribution in [0.4, 0.5) is 0 Å². The van der Waals surface area contributed by atoms with Crippen LogP contribution in [0.2, 0.25) is 0 Å². The number of rotatable bonds is 7. The minimum absolute atomic E-state index is 0.0321. The van der Waals surface area contributed by atoms with Crippen molar-refractivity contribution in [3.05, 3.63) is 29.8 Å². The molecule has 112 valence electrons. The van der Waals surface area contributed by atoms with Crippen molar-refractivity contribution in [2.75, 3.05) is 25.7 Å². The number of hydrogen-bond acceptors (Lipinski definition) is 4. The van der Waals surface area contributed by atoms with Crippen LogP contribution >= 0.6 is 0 Å². The summed E-state index contributed by atoms with van der Waals surface area (Å²) >= 11 is 0. The summed E-state index contributed by atoms with van der Waals surface area (Å²) in [5.74, 6) is 0.671. The first kappa shape index (κ1) is 16.5. The zero-order chi connectivity index (χ0) is 15.2. The quantitative estimate of drug-likeness (QED) is 0.825. The Hall–Kier alpha value is -1.56. The van der Waals surface area contributed by atoms with E-state index in [0.29, 0.717) is 6.42 Å². The molecule has 0 heterocycles. The van der Waals surface area contributed by atoms with Crippen LogP contribution in [0.15, 0.2) is 24.3 Å². The van der Waals surface area contributed by atoms with Gasteiger partial charge in [0.25, 0.3) is 0 Å². The lowest BCUT2D eigenvalue weighted by atomic mass is 9.97. The van der Waals surface area contributed by atoms with Crippen LogP contribution in [0.3, 0.4) is 0 Å². The average Bonchev–Trinajstić information content (AvgIpc) is 2.37. The van der Waals surface area contributed by atoms with Crippen LogP contribution < -0.4 is 10.1 Å². The number of nitrogens with one attached hydrogen (secondary N) is 1. The second kappa shape index (κ2) is 7.28. The Morgan fingerprint density at radius 1 is 1.30 bits per heavy atom. The van der Waals surface area contributed by atoms with E-state index in [9.17, 15) is 13.2 Å². The monoisotopic (exact) mass is 299 g/mol. The Morgan fingerprint density at radius 2 is 1.90 bits per heavy atom. The number of amides is 1. The van der Waals surface area contributed by atoms with Gasteiger partial charge in [-0.15, -0.1) is 0 Å². The van der Waals surface area contributed by atoms with Gasteiger partial charge in [0.15, 0.2) is 0 Å². The highest BCUT2D eigenvalue weighted by atomic mass is 32.2. The highest BCUT2D eigenvalue weighted by Crippen LogP contribution is 2.21. The minimum atomic E-state index is -3.04. The zero-order valence-corrected chi connectivity index (χ0v) is 12.9. The van der Waals surface area contributed by atoms with Crippen LogP contribution in [0.1, 0.15) is 24.8 Å². The average molecular weight is 299 g/mol. The Kier molecular flexibility index (Phi) is 6.01. The van der Waals surface area contributed by atoms with Gasteiger partial charge in [-0.25, -0.2) is 8.42 Å². The van der Waals surface area contributed by atoms with Gasteiger partial charge >= 0.3 is 0 Å². The Balaban J connectivity index is 2.44. The molecule has 0 saturated carbocycles. The molecule has 0 aliphatic carbocycles. The standard InChI is InChI=1S/C14H21NO4S/c1-11(12-4-6-13(19-2)7-5-12)10-14(16)15-8-9-20(3,17)18/h4-7,11H,8-10H2,1-3H3,(H,15,16). The van der Waals surface area contributed by atoms with Gasteiger partial charge in [0, 0.05) is 19.2 Å². The van der Waals surface area contributed by atoms with Crippen LogP contribution in [0.5, 0.6) is 5.75 Å². The van der Waals surface area contributed by atoms with Crippen molar-refractivity contribution in [3.8, 4) is 5.75 Å². The first-order valence-electron chi connectivity index (χ1n) is 6.40. The van der Waals surface area contributed by atoms with E-state index in [0.717, 1.165) is 17.6 Å².